The molecule has 0 unspecified atom stereocenters. The molecule has 2 atom stereocenters. The highest BCUT2D eigenvalue weighted by molar-refractivity contribution is 6.01. The molecule has 3 aromatic rings. The summed E-state index contributed by atoms with van der Waals surface area (Å²) in [5, 5.41) is 12.5. The van der Waals surface area contributed by atoms with Gasteiger partial charge < -0.3 is 19.9 Å². The molecule has 0 radical (unpaired) electrons. The molecular formula is C28H27NO7. The number of anilines is 1. The predicted molar refractivity (Wildman–Crippen MR) is 133 cm³/mol. The number of aliphatic carboxylic acids is 1. The molecule has 186 valence electrons. The van der Waals surface area contributed by atoms with Crippen LogP contribution in [0.2, 0.25) is 0 Å². The second-order valence-electron chi connectivity index (χ2n) is 8.22. The number of carboxylic acid groups (broad SMARTS) is 1. The maximum Gasteiger partial charge on any atom is 0.349 e. The van der Waals surface area contributed by atoms with Gasteiger partial charge in [0.05, 0.1) is 11.1 Å². The Morgan fingerprint density at radius 1 is 0.750 bits per heavy atom. The fourth-order valence-corrected chi connectivity index (χ4v) is 3.39. The number of carbonyl (C=O) groups is 4. The first-order valence-electron chi connectivity index (χ1n) is 11.4. The second-order valence-corrected chi connectivity index (χ2v) is 8.22. The molecule has 8 heteroatoms. The smallest absolute Gasteiger partial charge is 0.349 e. The summed E-state index contributed by atoms with van der Waals surface area (Å²) in [5.74, 6) is -4.49. The van der Waals surface area contributed by atoms with Crippen molar-refractivity contribution >= 4 is 29.5 Å². The number of para-hydroxylation sites is 1. The van der Waals surface area contributed by atoms with Crippen molar-refractivity contribution in [2.75, 3.05) is 5.32 Å². The molecule has 3 aromatic carbocycles. The van der Waals surface area contributed by atoms with Gasteiger partial charge in [-0.1, -0.05) is 60.5 Å². The largest absolute Gasteiger partial charge is 0.478 e. The Bertz CT molecular complexity index is 1250. The number of carbonyl (C=O) groups excluding carboxylic acids is 3. The van der Waals surface area contributed by atoms with Crippen LogP contribution in [0.25, 0.3) is 0 Å². The summed E-state index contributed by atoms with van der Waals surface area (Å²) >= 11 is 0. The summed E-state index contributed by atoms with van der Waals surface area (Å²) in [5.41, 5.74) is 3.20. The number of aryl methyl sites for hydroxylation is 3. The number of carboxylic acids is 1. The topological polar surface area (TPSA) is 119 Å². The first-order valence-corrected chi connectivity index (χ1v) is 11.4. The average Bonchev–Trinajstić information content (AvgIpc) is 2.86. The van der Waals surface area contributed by atoms with E-state index in [9.17, 15) is 24.3 Å². The standard InChI is InChI=1S/C28H27NO7/c1-4-19-7-5-6-8-22(19)29-25(30)23(35-27(33)20-13-9-17(2)10-14-20)24(26(31)32)36-28(34)21-15-11-18(3)12-16-21/h5-16,23-24H,4H2,1-3H3,(H,29,30)(H,31,32)/t23-,24+/m1/s1. The molecule has 0 fully saturated rings. The van der Waals surface area contributed by atoms with Crippen LogP contribution in [-0.2, 0) is 25.5 Å². The highest BCUT2D eigenvalue weighted by Crippen LogP contribution is 2.19. The monoisotopic (exact) mass is 489 g/mol. The zero-order valence-corrected chi connectivity index (χ0v) is 20.2. The van der Waals surface area contributed by atoms with E-state index in [0.717, 1.165) is 16.7 Å². The lowest BCUT2D eigenvalue weighted by molar-refractivity contribution is -0.157. The van der Waals surface area contributed by atoms with E-state index >= 15 is 0 Å². The lowest BCUT2D eigenvalue weighted by Gasteiger charge is -2.24. The fourth-order valence-electron chi connectivity index (χ4n) is 3.39. The van der Waals surface area contributed by atoms with E-state index in [0.29, 0.717) is 12.1 Å². The molecule has 0 aliphatic carbocycles. The molecule has 0 aromatic heterocycles. The lowest BCUT2D eigenvalue weighted by Crippen LogP contribution is -2.48. The van der Waals surface area contributed by atoms with E-state index in [2.05, 4.69) is 5.32 Å². The summed E-state index contributed by atoms with van der Waals surface area (Å²) in [6, 6.07) is 19.6. The van der Waals surface area contributed by atoms with Crippen LogP contribution >= 0.6 is 0 Å². The van der Waals surface area contributed by atoms with E-state index in [1.807, 2.05) is 20.8 Å². The van der Waals surface area contributed by atoms with Crippen molar-refractivity contribution in [3.05, 3.63) is 101 Å². The Morgan fingerprint density at radius 2 is 1.22 bits per heavy atom. The average molecular weight is 490 g/mol. The van der Waals surface area contributed by atoms with Gasteiger partial charge in [0, 0.05) is 5.69 Å². The van der Waals surface area contributed by atoms with Crippen molar-refractivity contribution in [1.29, 1.82) is 0 Å². The molecule has 0 spiro atoms. The van der Waals surface area contributed by atoms with Crippen LogP contribution in [0.4, 0.5) is 5.69 Å². The molecule has 2 N–H and O–H groups in total. The van der Waals surface area contributed by atoms with Crippen LogP contribution in [-0.4, -0.2) is 41.1 Å². The minimum Gasteiger partial charge on any atom is -0.478 e. The van der Waals surface area contributed by atoms with Gasteiger partial charge in [-0.3, -0.25) is 4.79 Å². The van der Waals surface area contributed by atoms with Crippen molar-refractivity contribution in [1.82, 2.24) is 0 Å². The van der Waals surface area contributed by atoms with Crippen LogP contribution in [0.1, 0.15) is 44.3 Å². The second kappa shape index (κ2) is 11.8. The van der Waals surface area contributed by atoms with Crippen molar-refractivity contribution in [2.24, 2.45) is 0 Å². The minimum atomic E-state index is -2.10. The lowest BCUT2D eigenvalue weighted by atomic mass is 10.1. The maximum atomic E-state index is 13.3. The van der Waals surface area contributed by atoms with Gasteiger partial charge in [-0.25, -0.2) is 14.4 Å². The highest BCUT2D eigenvalue weighted by Gasteiger charge is 2.41. The van der Waals surface area contributed by atoms with Gasteiger partial charge in [0.15, 0.2) is 0 Å². The number of rotatable bonds is 9. The third-order valence-electron chi connectivity index (χ3n) is 5.48. The molecule has 0 bridgehead atoms. The zero-order valence-electron chi connectivity index (χ0n) is 20.2. The van der Waals surface area contributed by atoms with E-state index < -0.39 is 36.0 Å². The third kappa shape index (κ3) is 6.56. The maximum absolute atomic E-state index is 13.3. The molecule has 8 nitrogen and oxygen atoms in total. The number of ether oxygens (including phenoxy) is 2. The first-order chi connectivity index (χ1) is 17.2. The number of hydrogen-bond donors (Lipinski definition) is 2. The Morgan fingerprint density at radius 3 is 1.69 bits per heavy atom. The Kier molecular flexibility index (Phi) is 8.57. The van der Waals surface area contributed by atoms with Gasteiger partial charge in [0.2, 0.25) is 12.2 Å². The molecule has 0 aliphatic rings. The van der Waals surface area contributed by atoms with Crippen LogP contribution in [0.3, 0.4) is 0 Å². The number of hydrogen-bond acceptors (Lipinski definition) is 6. The molecule has 0 saturated heterocycles. The van der Waals surface area contributed by atoms with Gasteiger partial charge in [-0.05, 0) is 56.2 Å². The normalized spacial score (nSPS) is 12.2. The van der Waals surface area contributed by atoms with Crippen LogP contribution in [0.15, 0.2) is 72.8 Å². The van der Waals surface area contributed by atoms with Crippen molar-refractivity contribution in [3.63, 3.8) is 0 Å². The molecule has 0 saturated carbocycles. The predicted octanol–water partition coefficient (Wildman–Crippen LogP) is 4.34. The molecule has 36 heavy (non-hydrogen) atoms. The molecular weight excluding hydrogens is 462 g/mol. The fraction of sp³-hybridized carbons (Fsp3) is 0.214. The molecule has 3 rings (SSSR count). The Hall–Kier alpha value is -4.46. The van der Waals surface area contributed by atoms with Crippen LogP contribution in [0, 0.1) is 13.8 Å². The number of amides is 1. The summed E-state index contributed by atoms with van der Waals surface area (Å²) in [6.45, 7) is 5.55. The van der Waals surface area contributed by atoms with Gasteiger partial charge in [0.25, 0.3) is 5.91 Å². The van der Waals surface area contributed by atoms with Crippen LogP contribution in [0.5, 0.6) is 0 Å². The van der Waals surface area contributed by atoms with Crippen molar-refractivity contribution in [2.45, 2.75) is 39.4 Å². The molecule has 0 heterocycles. The number of nitrogens with one attached hydrogen (secondary N) is 1. The third-order valence-corrected chi connectivity index (χ3v) is 5.48. The minimum absolute atomic E-state index is 0.0900. The number of benzene rings is 3. The van der Waals surface area contributed by atoms with Gasteiger partial charge >= 0.3 is 17.9 Å². The highest BCUT2D eigenvalue weighted by atomic mass is 16.6. The van der Waals surface area contributed by atoms with Gasteiger partial charge in [-0.15, -0.1) is 0 Å². The molecule has 0 aliphatic heterocycles. The van der Waals surface area contributed by atoms with E-state index in [1.54, 1.807) is 48.5 Å². The molecule has 1 amide bonds. The first kappa shape index (κ1) is 26.2. The van der Waals surface area contributed by atoms with Gasteiger partial charge in [-0.2, -0.15) is 0 Å². The zero-order chi connectivity index (χ0) is 26.2. The summed E-state index contributed by atoms with van der Waals surface area (Å²) in [7, 11) is 0. The quantitative estimate of drug-likeness (QED) is 0.429. The summed E-state index contributed by atoms with van der Waals surface area (Å²) in [6.07, 6.45) is -3.47. The number of esters is 2. The Labute approximate surface area is 208 Å². The van der Waals surface area contributed by atoms with E-state index in [-0.39, 0.29) is 11.1 Å². The summed E-state index contributed by atoms with van der Waals surface area (Å²) < 4.78 is 10.5. The summed E-state index contributed by atoms with van der Waals surface area (Å²) in [4.78, 5) is 50.9. The van der Waals surface area contributed by atoms with E-state index in [4.69, 9.17) is 9.47 Å². The van der Waals surface area contributed by atoms with Crippen molar-refractivity contribution < 1.29 is 33.8 Å². The van der Waals surface area contributed by atoms with Crippen molar-refractivity contribution in [3.8, 4) is 0 Å². The Balaban J connectivity index is 1.93. The van der Waals surface area contributed by atoms with Crippen LogP contribution < -0.4 is 5.32 Å². The SMILES string of the molecule is CCc1ccccc1NC(=O)[C@H](OC(=O)c1ccc(C)cc1)[C@H](OC(=O)c1ccc(C)cc1)C(=O)O. The van der Waals surface area contributed by atoms with E-state index in [1.165, 1.54) is 24.3 Å². The van der Waals surface area contributed by atoms with Gasteiger partial charge in [0.1, 0.15) is 0 Å².